The van der Waals surface area contributed by atoms with Crippen molar-refractivity contribution in [1.82, 2.24) is 14.7 Å². The Balaban J connectivity index is 1.82. The second-order valence-electron chi connectivity index (χ2n) is 6.80. The SMILES string of the molecule is CON(C)C(=O)CCN1CCC[C@H](CNS(=O)(=O)c2ccc(C)cc2)C1. The molecule has 1 aliphatic rings. The number of hydroxylamine groups is 2. The molecule has 0 radical (unpaired) electrons. The molecule has 0 bridgehead atoms. The van der Waals surface area contributed by atoms with E-state index in [1.165, 1.54) is 12.2 Å². The van der Waals surface area contributed by atoms with Gasteiger partial charge in [-0.15, -0.1) is 0 Å². The molecule has 1 fully saturated rings. The summed E-state index contributed by atoms with van der Waals surface area (Å²) in [4.78, 5) is 19.2. The van der Waals surface area contributed by atoms with Crippen molar-refractivity contribution in [3.63, 3.8) is 0 Å². The second kappa shape index (κ2) is 9.45. The van der Waals surface area contributed by atoms with E-state index in [1.807, 2.05) is 6.92 Å². The normalized spacial score (nSPS) is 18.7. The van der Waals surface area contributed by atoms with Gasteiger partial charge in [-0.3, -0.25) is 9.63 Å². The summed E-state index contributed by atoms with van der Waals surface area (Å²) in [7, 11) is -0.414. The molecule has 0 unspecified atom stereocenters. The Morgan fingerprint density at radius 2 is 2.04 bits per heavy atom. The lowest BCUT2D eigenvalue weighted by atomic mass is 9.98. The van der Waals surface area contributed by atoms with Gasteiger partial charge >= 0.3 is 0 Å². The molecule has 7 nitrogen and oxygen atoms in total. The van der Waals surface area contributed by atoms with Gasteiger partial charge in [-0.05, 0) is 44.4 Å². The van der Waals surface area contributed by atoms with Crippen LogP contribution < -0.4 is 4.72 Å². The fraction of sp³-hybridized carbons (Fsp3) is 0.611. The third-order valence-electron chi connectivity index (χ3n) is 4.76. The highest BCUT2D eigenvalue weighted by atomic mass is 32.2. The number of aryl methyl sites for hydroxylation is 1. The maximum atomic E-state index is 12.4. The summed E-state index contributed by atoms with van der Waals surface area (Å²) in [5.41, 5.74) is 1.03. The van der Waals surface area contributed by atoms with Gasteiger partial charge in [-0.25, -0.2) is 18.2 Å². The van der Waals surface area contributed by atoms with Crippen molar-refractivity contribution in [2.75, 3.05) is 40.3 Å². The lowest BCUT2D eigenvalue weighted by Crippen LogP contribution is -2.42. The summed E-state index contributed by atoms with van der Waals surface area (Å²) in [5, 5.41) is 1.23. The van der Waals surface area contributed by atoms with Gasteiger partial charge in [0.25, 0.3) is 0 Å². The summed E-state index contributed by atoms with van der Waals surface area (Å²) < 4.78 is 27.5. The van der Waals surface area contributed by atoms with E-state index in [9.17, 15) is 13.2 Å². The molecule has 1 aliphatic heterocycles. The standard InChI is InChI=1S/C18H29N3O4S/c1-15-6-8-17(9-7-15)26(23,24)19-13-16-5-4-11-21(14-16)12-10-18(22)20(2)25-3/h6-9,16,19H,4-5,10-14H2,1-3H3/t16-/m1/s1. The van der Waals surface area contributed by atoms with Crippen LogP contribution in [0.4, 0.5) is 0 Å². The quantitative estimate of drug-likeness (QED) is 0.687. The first kappa shape index (κ1) is 20.8. The molecule has 1 amide bonds. The Bertz CT molecular complexity index is 691. The third-order valence-corrected chi connectivity index (χ3v) is 6.20. The molecule has 0 spiro atoms. The van der Waals surface area contributed by atoms with Crippen LogP contribution in [0.3, 0.4) is 0 Å². The zero-order valence-electron chi connectivity index (χ0n) is 15.8. The maximum absolute atomic E-state index is 12.4. The summed E-state index contributed by atoms with van der Waals surface area (Å²) in [6.45, 7) is 4.73. The number of sulfonamides is 1. The van der Waals surface area contributed by atoms with Crippen LogP contribution in [-0.4, -0.2) is 64.6 Å². The van der Waals surface area contributed by atoms with Gasteiger partial charge in [0.2, 0.25) is 15.9 Å². The fourth-order valence-electron chi connectivity index (χ4n) is 3.06. The number of nitrogens with one attached hydrogen (secondary N) is 1. The molecule has 1 aromatic rings. The highest BCUT2D eigenvalue weighted by Crippen LogP contribution is 2.17. The van der Waals surface area contributed by atoms with Gasteiger partial charge in [0.15, 0.2) is 0 Å². The molecule has 1 N–H and O–H groups in total. The number of nitrogens with zero attached hydrogens (tertiary/aromatic N) is 2. The molecule has 1 aromatic carbocycles. The number of hydrogen-bond donors (Lipinski definition) is 1. The zero-order chi connectivity index (χ0) is 19.2. The minimum absolute atomic E-state index is 0.0605. The van der Waals surface area contributed by atoms with Crippen LogP contribution in [0, 0.1) is 12.8 Å². The molecule has 8 heteroatoms. The van der Waals surface area contributed by atoms with Crippen molar-refractivity contribution >= 4 is 15.9 Å². The van der Waals surface area contributed by atoms with Crippen LogP contribution in [-0.2, 0) is 19.7 Å². The van der Waals surface area contributed by atoms with Gasteiger partial charge < -0.3 is 4.90 Å². The predicted molar refractivity (Wildman–Crippen MR) is 99.9 cm³/mol. The van der Waals surface area contributed by atoms with Crippen LogP contribution >= 0.6 is 0 Å². The molecular formula is C18H29N3O4S. The predicted octanol–water partition coefficient (Wildman–Crippen LogP) is 1.40. The van der Waals surface area contributed by atoms with Crippen molar-refractivity contribution in [3.8, 4) is 0 Å². The van der Waals surface area contributed by atoms with E-state index < -0.39 is 10.0 Å². The number of rotatable bonds is 8. The van der Waals surface area contributed by atoms with E-state index in [0.29, 0.717) is 24.4 Å². The van der Waals surface area contributed by atoms with Crippen LogP contribution in [0.15, 0.2) is 29.2 Å². The average molecular weight is 384 g/mol. The van der Waals surface area contributed by atoms with Crippen molar-refractivity contribution < 1.29 is 18.0 Å². The summed E-state index contributed by atoms with van der Waals surface area (Å²) in [6.07, 6.45) is 2.39. The average Bonchev–Trinajstić information content (AvgIpc) is 2.64. The number of carbonyl (C=O) groups excluding carboxylic acids is 1. The minimum Gasteiger partial charge on any atom is -0.302 e. The first-order valence-corrected chi connectivity index (χ1v) is 10.4. The number of hydrogen-bond acceptors (Lipinski definition) is 5. The molecule has 1 heterocycles. The Kier molecular flexibility index (Phi) is 7.57. The smallest absolute Gasteiger partial charge is 0.247 e. The Morgan fingerprint density at radius 1 is 1.35 bits per heavy atom. The molecule has 0 aliphatic carbocycles. The van der Waals surface area contributed by atoms with Crippen LogP contribution in [0.25, 0.3) is 0 Å². The van der Waals surface area contributed by atoms with E-state index in [-0.39, 0.29) is 11.8 Å². The Labute approximate surface area is 156 Å². The van der Waals surface area contributed by atoms with Crippen LogP contribution in [0.2, 0.25) is 0 Å². The van der Waals surface area contributed by atoms with E-state index >= 15 is 0 Å². The first-order valence-electron chi connectivity index (χ1n) is 8.91. The Morgan fingerprint density at radius 3 is 2.69 bits per heavy atom. The molecule has 1 atom stereocenters. The molecule has 2 rings (SSSR count). The molecule has 146 valence electrons. The van der Waals surface area contributed by atoms with Crippen molar-refractivity contribution in [2.45, 2.75) is 31.1 Å². The summed E-state index contributed by atoms with van der Waals surface area (Å²) >= 11 is 0. The lowest BCUT2D eigenvalue weighted by molar-refractivity contribution is -0.169. The van der Waals surface area contributed by atoms with Gasteiger partial charge in [-0.1, -0.05) is 17.7 Å². The first-order chi connectivity index (χ1) is 12.3. The summed E-state index contributed by atoms with van der Waals surface area (Å²) in [5.74, 6) is 0.189. The third kappa shape index (κ3) is 6.05. The van der Waals surface area contributed by atoms with E-state index in [2.05, 4.69) is 9.62 Å². The van der Waals surface area contributed by atoms with Crippen molar-refractivity contribution in [3.05, 3.63) is 29.8 Å². The topological polar surface area (TPSA) is 79.0 Å². The fourth-order valence-corrected chi connectivity index (χ4v) is 4.18. The Hall–Kier alpha value is -1.48. The maximum Gasteiger partial charge on any atom is 0.247 e. The van der Waals surface area contributed by atoms with Crippen LogP contribution in [0.1, 0.15) is 24.8 Å². The van der Waals surface area contributed by atoms with Gasteiger partial charge in [0.1, 0.15) is 0 Å². The van der Waals surface area contributed by atoms with E-state index in [0.717, 1.165) is 31.5 Å². The number of carbonyl (C=O) groups is 1. The number of likely N-dealkylation sites (tertiary alicyclic amines) is 1. The highest BCUT2D eigenvalue weighted by molar-refractivity contribution is 7.89. The molecule has 1 saturated heterocycles. The molecule has 0 saturated carbocycles. The minimum atomic E-state index is -3.48. The van der Waals surface area contributed by atoms with E-state index in [4.69, 9.17) is 4.84 Å². The van der Waals surface area contributed by atoms with Crippen LogP contribution in [0.5, 0.6) is 0 Å². The van der Waals surface area contributed by atoms with E-state index in [1.54, 1.807) is 31.3 Å². The number of piperidine rings is 1. The molecule has 0 aromatic heterocycles. The summed E-state index contributed by atoms with van der Waals surface area (Å²) in [6, 6.07) is 6.85. The molecule has 26 heavy (non-hydrogen) atoms. The van der Waals surface area contributed by atoms with Gasteiger partial charge in [0.05, 0.1) is 12.0 Å². The van der Waals surface area contributed by atoms with Gasteiger partial charge in [-0.2, -0.15) is 0 Å². The lowest BCUT2D eigenvalue weighted by Gasteiger charge is -2.32. The largest absolute Gasteiger partial charge is 0.302 e. The second-order valence-corrected chi connectivity index (χ2v) is 8.56. The number of benzene rings is 1. The molecular weight excluding hydrogens is 354 g/mol. The zero-order valence-corrected chi connectivity index (χ0v) is 16.6. The number of amides is 1. The van der Waals surface area contributed by atoms with Gasteiger partial charge in [0, 0.05) is 33.1 Å². The highest BCUT2D eigenvalue weighted by Gasteiger charge is 2.23. The monoisotopic (exact) mass is 383 g/mol. The van der Waals surface area contributed by atoms with Crippen molar-refractivity contribution in [2.24, 2.45) is 5.92 Å². The van der Waals surface area contributed by atoms with Crippen molar-refractivity contribution in [1.29, 1.82) is 0 Å².